The van der Waals surface area contributed by atoms with Gasteiger partial charge in [0.15, 0.2) is 0 Å². The van der Waals surface area contributed by atoms with Crippen molar-refractivity contribution in [2.75, 3.05) is 5.75 Å². The fraction of sp³-hybridized carbons (Fsp3) is 0.238. The molecule has 24 heavy (non-hydrogen) atoms. The zero-order valence-electron chi connectivity index (χ0n) is 13.6. The number of hydrogen-bond donors (Lipinski definition) is 0. The molecule has 0 aliphatic heterocycles. The van der Waals surface area contributed by atoms with Crippen LogP contribution < -0.4 is 0 Å². The highest BCUT2D eigenvalue weighted by atomic mass is 32.2. The zero-order valence-corrected chi connectivity index (χ0v) is 14.4. The molecule has 2 aromatic carbocycles. The van der Waals surface area contributed by atoms with E-state index in [4.69, 9.17) is 0 Å². The van der Waals surface area contributed by atoms with Gasteiger partial charge in [-0.25, -0.2) is 0 Å². The van der Waals surface area contributed by atoms with Crippen molar-refractivity contribution in [3.63, 3.8) is 0 Å². The van der Waals surface area contributed by atoms with Gasteiger partial charge in [0.05, 0.1) is 11.6 Å². The summed E-state index contributed by atoms with van der Waals surface area (Å²) in [6, 6.07) is 16.5. The zero-order chi connectivity index (χ0) is 16.6. The molecule has 0 saturated heterocycles. The molecular weight excluding hydrogens is 312 g/mol. The molecule has 4 rings (SSSR count). The summed E-state index contributed by atoms with van der Waals surface area (Å²) in [5, 5.41) is 11.5. The number of pyridine rings is 1. The molecule has 1 aliphatic carbocycles. The first-order valence-corrected chi connectivity index (χ1v) is 9.18. The summed E-state index contributed by atoms with van der Waals surface area (Å²) in [4.78, 5) is 5.62. The van der Waals surface area contributed by atoms with Crippen LogP contribution in [0.1, 0.15) is 25.3 Å². The molecule has 1 aliphatic rings. The number of nitrogens with zero attached hydrogens (tertiary/aromatic N) is 2. The highest BCUT2D eigenvalue weighted by Gasteiger charge is 2.37. The van der Waals surface area contributed by atoms with Gasteiger partial charge in [0.25, 0.3) is 0 Å². The van der Waals surface area contributed by atoms with Gasteiger partial charge in [-0.15, -0.1) is 11.8 Å². The molecule has 2 nitrogen and oxygen atoms in total. The molecule has 3 heteroatoms. The van der Waals surface area contributed by atoms with Gasteiger partial charge in [-0.05, 0) is 41.3 Å². The largest absolute Gasteiger partial charge is 0.264 e. The minimum absolute atomic E-state index is 0.512. The van der Waals surface area contributed by atoms with Gasteiger partial charge in [0, 0.05) is 34.0 Å². The van der Waals surface area contributed by atoms with Crippen molar-refractivity contribution >= 4 is 22.5 Å². The number of hydrogen-bond acceptors (Lipinski definition) is 3. The third kappa shape index (κ3) is 2.79. The van der Waals surface area contributed by atoms with Crippen molar-refractivity contribution in [2.45, 2.75) is 24.7 Å². The van der Waals surface area contributed by atoms with Gasteiger partial charge in [-0.1, -0.05) is 37.3 Å². The highest BCUT2D eigenvalue weighted by Crippen LogP contribution is 2.49. The first-order chi connectivity index (χ1) is 11.7. The van der Waals surface area contributed by atoms with E-state index in [0.29, 0.717) is 5.41 Å². The number of nitriles is 1. The number of aromatic nitrogens is 1. The van der Waals surface area contributed by atoms with E-state index in [2.05, 4.69) is 36.2 Å². The van der Waals surface area contributed by atoms with Crippen LogP contribution >= 0.6 is 11.8 Å². The van der Waals surface area contributed by atoms with Crippen LogP contribution in [-0.4, -0.2) is 10.7 Å². The van der Waals surface area contributed by atoms with Crippen molar-refractivity contribution < 1.29 is 0 Å². The summed E-state index contributed by atoms with van der Waals surface area (Å²) in [5.74, 6) is 1.15. The lowest BCUT2D eigenvalue weighted by Crippen LogP contribution is -1.97. The molecule has 0 amide bonds. The highest BCUT2D eigenvalue weighted by molar-refractivity contribution is 7.99. The molecule has 1 aromatic heterocycles. The van der Waals surface area contributed by atoms with Crippen LogP contribution in [-0.2, 0) is 0 Å². The molecule has 1 fully saturated rings. The van der Waals surface area contributed by atoms with Crippen LogP contribution in [0, 0.1) is 16.7 Å². The van der Waals surface area contributed by atoms with E-state index >= 15 is 0 Å². The van der Waals surface area contributed by atoms with Gasteiger partial charge >= 0.3 is 0 Å². The molecule has 0 bridgehead atoms. The first-order valence-electron chi connectivity index (χ1n) is 8.19. The SMILES string of the molecule is CC1(CSc2ccncc2-c2ccc(C#N)c3ccccc23)CC1. The second-order valence-corrected chi connectivity index (χ2v) is 7.81. The molecule has 118 valence electrons. The Kier molecular flexibility index (Phi) is 3.78. The quantitative estimate of drug-likeness (QED) is 0.579. The lowest BCUT2D eigenvalue weighted by molar-refractivity contribution is 0.666. The summed E-state index contributed by atoms with van der Waals surface area (Å²) >= 11 is 1.92. The van der Waals surface area contributed by atoms with Crippen molar-refractivity contribution in [1.82, 2.24) is 4.98 Å². The van der Waals surface area contributed by atoms with Crippen LogP contribution in [0.3, 0.4) is 0 Å². The Morgan fingerprint density at radius 2 is 1.88 bits per heavy atom. The fourth-order valence-electron chi connectivity index (χ4n) is 2.95. The van der Waals surface area contributed by atoms with E-state index in [1.54, 1.807) is 0 Å². The Balaban J connectivity index is 1.82. The normalized spacial score (nSPS) is 15.2. The number of fused-ring (bicyclic) bond motifs is 1. The Morgan fingerprint density at radius 1 is 1.08 bits per heavy atom. The molecule has 0 radical (unpaired) electrons. The average Bonchev–Trinajstić information content (AvgIpc) is 3.37. The molecule has 1 saturated carbocycles. The first kappa shape index (κ1) is 15.2. The summed E-state index contributed by atoms with van der Waals surface area (Å²) in [6.45, 7) is 2.36. The van der Waals surface area contributed by atoms with Crippen LogP contribution in [0.5, 0.6) is 0 Å². The molecule has 1 heterocycles. The van der Waals surface area contributed by atoms with E-state index < -0.39 is 0 Å². The monoisotopic (exact) mass is 330 g/mol. The Labute approximate surface area is 146 Å². The van der Waals surface area contributed by atoms with Crippen molar-refractivity contribution in [1.29, 1.82) is 5.26 Å². The third-order valence-corrected chi connectivity index (χ3v) is 6.30. The Hall–Kier alpha value is -2.31. The lowest BCUT2D eigenvalue weighted by atomic mass is 9.96. The molecule has 3 aromatic rings. The fourth-order valence-corrected chi connectivity index (χ4v) is 4.22. The number of benzene rings is 2. The lowest BCUT2D eigenvalue weighted by Gasteiger charge is -2.14. The average molecular weight is 330 g/mol. The Bertz CT molecular complexity index is 951. The van der Waals surface area contributed by atoms with Crippen LogP contribution in [0.25, 0.3) is 21.9 Å². The third-order valence-electron chi connectivity index (χ3n) is 4.80. The standard InChI is InChI=1S/C21H18N2S/c1-21(9-10-21)14-24-20-8-11-23-13-19(20)18-7-6-15(12-22)16-4-2-3-5-17(16)18/h2-8,11,13H,9-10,14H2,1H3. The minimum Gasteiger partial charge on any atom is -0.264 e. The van der Waals surface area contributed by atoms with E-state index in [1.807, 2.05) is 48.4 Å². The summed E-state index contributed by atoms with van der Waals surface area (Å²) in [5.41, 5.74) is 3.55. The smallest absolute Gasteiger partial charge is 0.0998 e. The topological polar surface area (TPSA) is 36.7 Å². The van der Waals surface area contributed by atoms with Gasteiger partial charge in [-0.3, -0.25) is 4.98 Å². The molecule has 0 atom stereocenters. The maximum absolute atomic E-state index is 9.37. The second kappa shape index (κ2) is 5.96. The molecule has 0 spiro atoms. The minimum atomic E-state index is 0.512. The van der Waals surface area contributed by atoms with E-state index in [-0.39, 0.29) is 0 Å². The number of rotatable bonds is 4. The molecule has 0 N–H and O–H groups in total. The number of thioether (sulfide) groups is 1. The maximum Gasteiger partial charge on any atom is 0.0998 e. The van der Waals surface area contributed by atoms with Gasteiger partial charge in [0.1, 0.15) is 0 Å². The Morgan fingerprint density at radius 3 is 2.62 bits per heavy atom. The molecule has 0 unspecified atom stereocenters. The summed E-state index contributed by atoms with van der Waals surface area (Å²) in [6.07, 6.45) is 6.48. The van der Waals surface area contributed by atoms with Crippen LogP contribution in [0.2, 0.25) is 0 Å². The predicted molar refractivity (Wildman–Crippen MR) is 100.0 cm³/mol. The van der Waals surface area contributed by atoms with Crippen molar-refractivity contribution in [3.8, 4) is 17.2 Å². The van der Waals surface area contributed by atoms with Gasteiger partial charge in [-0.2, -0.15) is 5.26 Å². The van der Waals surface area contributed by atoms with E-state index in [0.717, 1.165) is 33.2 Å². The summed E-state index contributed by atoms with van der Waals surface area (Å²) in [7, 11) is 0. The predicted octanol–water partition coefficient (Wildman–Crippen LogP) is 5.67. The maximum atomic E-state index is 9.37. The second-order valence-electron chi connectivity index (χ2n) is 6.79. The van der Waals surface area contributed by atoms with Gasteiger partial charge < -0.3 is 0 Å². The van der Waals surface area contributed by atoms with Crippen LogP contribution in [0.4, 0.5) is 0 Å². The van der Waals surface area contributed by atoms with E-state index in [9.17, 15) is 5.26 Å². The van der Waals surface area contributed by atoms with Crippen molar-refractivity contribution in [2.24, 2.45) is 5.41 Å². The van der Waals surface area contributed by atoms with Crippen molar-refractivity contribution in [3.05, 3.63) is 60.4 Å². The molecular formula is C21H18N2S. The van der Waals surface area contributed by atoms with Crippen LogP contribution in [0.15, 0.2) is 59.8 Å². The summed E-state index contributed by atoms with van der Waals surface area (Å²) < 4.78 is 0. The van der Waals surface area contributed by atoms with Gasteiger partial charge in [0.2, 0.25) is 0 Å². The van der Waals surface area contributed by atoms with E-state index in [1.165, 1.54) is 17.7 Å².